The minimum absolute atomic E-state index is 0.567. The molecule has 0 amide bonds. The number of hydrogen-bond acceptors (Lipinski definition) is 3. The molecule has 1 aliphatic heterocycles. The Kier molecular flexibility index (Phi) is 4.27. The van der Waals surface area contributed by atoms with E-state index in [1.807, 2.05) is 10.9 Å². The molecule has 1 saturated heterocycles. The van der Waals surface area contributed by atoms with Crippen molar-refractivity contribution in [3.05, 3.63) is 12.4 Å². The highest BCUT2D eigenvalue weighted by atomic mass is 15.3. The van der Waals surface area contributed by atoms with Gasteiger partial charge in [0.05, 0.1) is 11.9 Å². The van der Waals surface area contributed by atoms with Gasteiger partial charge in [-0.1, -0.05) is 13.8 Å². The number of rotatable bonds is 4. The minimum Gasteiger partial charge on any atom is -0.366 e. The van der Waals surface area contributed by atoms with Crippen molar-refractivity contribution in [2.24, 2.45) is 5.92 Å². The minimum atomic E-state index is 0.567. The third kappa shape index (κ3) is 2.53. The van der Waals surface area contributed by atoms with Crippen molar-refractivity contribution < 1.29 is 0 Å². The van der Waals surface area contributed by atoms with Gasteiger partial charge in [0.15, 0.2) is 0 Å². The van der Waals surface area contributed by atoms with E-state index in [0.717, 1.165) is 19.6 Å². The molecule has 2 rings (SSSR count). The summed E-state index contributed by atoms with van der Waals surface area (Å²) in [6.07, 6.45) is 5.38. The van der Waals surface area contributed by atoms with E-state index in [1.54, 1.807) is 0 Å². The first-order chi connectivity index (χ1) is 8.67. The molecule has 102 valence electrons. The van der Waals surface area contributed by atoms with E-state index in [0.29, 0.717) is 18.0 Å². The third-order valence-electron chi connectivity index (χ3n) is 4.31. The predicted molar refractivity (Wildman–Crippen MR) is 76.0 cm³/mol. The number of piperidine rings is 1. The van der Waals surface area contributed by atoms with Gasteiger partial charge < -0.3 is 10.2 Å². The van der Waals surface area contributed by atoms with Gasteiger partial charge in [0.2, 0.25) is 0 Å². The van der Waals surface area contributed by atoms with Gasteiger partial charge in [-0.25, -0.2) is 0 Å². The Bertz CT molecular complexity index is 374. The van der Waals surface area contributed by atoms with Crippen LogP contribution in [0.5, 0.6) is 0 Å². The van der Waals surface area contributed by atoms with Gasteiger partial charge in [-0.15, -0.1) is 0 Å². The van der Waals surface area contributed by atoms with Crippen molar-refractivity contribution >= 4 is 5.69 Å². The Hall–Kier alpha value is -1.03. The summed E-state index contributed by atoms with van der Waals surface area (Å²) in [6, 6.07) is 1.22. The number of aromatic nitrogens is 2. The summed E-state index contributed by atoms with van der Waals surface area (Å²) in [7, 11) is 0. The summed E-state index contributed by atoms with van der Waals surface area (Å²) in [5.74, 6) is 0.670. The Morgan fingerprint density at radius 1 is 1.39 bits per heavy atom. The van der Waals surface area contributed by atoms with Gasteiger partial charge in [0.1, 0.15) is 0 Å². The molecule has 0 saturated carbocycles. The maximum Gasteiger partial charge on any atom is 0.0755 e. The fourth-order valence-electron chi connectivity index (χ4n) is 2.95. The summed E-state index contributed by atoms with van der Waals surface area (Å²) in [4.78, 5) is 2.50. The summed E-state index contributed by atoms with van der Waals surface area (Å²) in [5, 5.41) is 7.99. The molecule has 4 nitrogen and oxygen atoms in total. The van der Waals surface area contributed by atoms with Crippen LogP contribution in [-0.2, 0) is 6.54 Å². The normalized spacial score (nSPS) is 28.7. The standard InChI is InChI=1S/C14H26N4/c1-5-15-14-7-8-18(12(4)11(14)3)13-9-16-17(6-2)10-13/h9-12,14-15H,5-8H2,1-4H3. The molecule has 3 atom stereocenters. The molecule has 18 heavy (non-hydrogen) atoms. The van der Waals surface area contributed by atoms with E-state index < -0.39 is 0 Å². The van der Waals surface area contributed by atoms with Crippen molar-refractivity contribution in [2.75, 3.05) is 18.0 Å². The van der Waals surface area contributed by atoms with Crippen LogP contribution in [0.1, 0.15) is 34.1 Å². The zero-order chi connectivity index (χ0) is 13.1. The highest BCUT2D eigenvalue weighted by Gasteiger charge is 2.32. The number of anilines is 1. The van der Waals surface area contributed by atoms with Gasteiger partial charge in [0.25, 0.3) is 0 Å². The van der Waals surface area contributed by atoms with Crippen LogP contribution < -0.4 is 10.2 Å². The largest absolute Gasteiger partial charge is 0.366 e. The lowest BCUT2D eigenvalue weighted by atomic mass is 9.87. The molecule has 1 fully saturated rings. The van der Waals surface area contributed by atoms with Crippen LogP contribution in [0.15, 0.2) is 12.4 Å². The first kappa shape index (κ1) is 13.4. The van der Waals surface area contributed by atoms with Gasteiger partial charge in [-0.05, 0) is 32.7 Å². The smallest absolute Gasteiger partial charge is 0.0755 e. The van der Waals surface area contributed by atoms with Crippen molar-refractivity contribution in [1.29, 1.82) is 0 Å². The topological polar surface area (TPSA) is 33.1 Å². The molecule has 0 spiro atoms. The van der Waals surface area contributed by atoms with Crippen LogP contribution in [0.3, 0.4) is 0 Å². The van der Waals surface area contributed by atoms with Crippen LogP contribution in [0.25, 0.3) is 0 Å². The van der Waals surface area contributed by atoms with E-state index >= 15 is 0 Å². The summed E-state index contributed by atoms with van der Waals surface area (Å²) in [5.41, 5.74) is 1.27. The lowest BCUT2D eigenvalue weighted by Crippen LogP contribution is -2.53. The van der Waals surface area contributed by atoms with Crippen molar-refractivity contribution in [2.45, 2.75) is 52.7 Å². The summed E-state index contributed by atoms with van der Waals surface area (Å²) < 4.78 is 2.00. The molecule has 2 heterocycles. The molecule has 0 radical (unpaired) electrons. The lowest BCUT2D eigenvalue weighted by Gasteiger charge is -2.43. The quantitative estimate of drug-likeness (QED) is 0.888. The third-order valence-corrected chi connectivity index (χ3v) is 4.31. The molecule has 3 unspecified atom stereocenters. The fourth-order valence-corrected chi connectivity index (χ4v) is 2.95. The second-order valence-corrected chi connectivity index (χ2v) is 5.30. The SMILES string of the molecule is CCNC1CCN(c2cnn(CC)c2)C(C)C1C. The molecule has 4 heteroatoms. The molecular formula is C14H26N4. The Balaban J connectivity index is 2.07. The van der Waals surface area contributed by atoms with Gasteiger partial charge >= 0.3 is 0 Å². The second-order valence-electron chi connectivity index (χ2n) is 5.30. The van der Waals surface area contributed by atoms with Gasteiger partial charge in [0, 0.05) is 31.4 Å². The van der Waals surface area contributed by atoms with Gasteiger partial charge in [-0.3, -0.25) is 4.68 Å². The zero-order valence-corrected chi connectivity index (χ0v) is 12.1. The van der Waals surface area contributed by atoms with E-state index in [-0.39, 0.29) is 0 Å². The maximum atomic E-state index is 4.38. The lowest BCUT2D eigenvalue weighted by molar-refractivity contribution is 0.274. The average molecular weight is 250 g/mol. The number of aryl methyl sites for hydroxylation is 1. The van der Waals surface area contributed by atoms with E-state index in [4.69, 9.17) is 0 Å². The van der Waals surface area contributed by atoms with E-state index in [2.05, 4.69) is 49.2 Å². The predicted octanol–water partition coefficient (Wildman–Crippen LogP) is 2.12. The molecule has 1 N–H and O–H groups in total. The maximum absolute atomic E-state index is 4.38. The fraction of sp³-hybridized carbons (Fsp3) is 0.786. The van der Waals surface area contributed by atoms with Crippen molar-refractivity contribution in [1.82, 2.24) is 15.1 Å². The molecule has 1 aromatic heterocycles. The van der Waals surface area contributed by atoms with Crippen molar-refractivity contribution in [3.8, 4) is 0 Å². The molecular weight excluding hydrogens is 224 g/mol. The van der Waals surface area contributed by atoms with E-state index in [1.165, 1.54) is 12.1 Å². The highest BCUT2D eigenvalue weighted by Crippen LogP contribution is 2.28. The molecule has 0 aromatic carbocycles. The number of hydrogen-bond donors (Lipinski definition) is 1. The highest BCUT2D eigenvalue weighted by molar-refractivity contribution is 5.44. The number of nitrogens with one attached hydrogen (secondary N) is 1. The first-order valence-electron chi connectivity index (χ1n) is 7.19. The first-order valence-corrected chi connectivity index (χ1v) is 7.19. The Morgan fingerprint density at radius 2 is 2.17 bits per heavy atom. The summed E-state index contributed by atoms with van der Waals surface area (Å²) >= 11 is 0. The molecule has 0 aliphatic carbocycles. The van der Waals surface area contributed by atoms with Gasteiger partial charge in [-0.2, -0.15) is 5.10 Å². The zero-order valence-electron chi connectivity index (χ0n) is 12.1. The monoisotopic (exact) mass is 250 g/mol. The molecule has 1 aromatic rings. The van der Waals surface area contributed by atoms with Crippen LogP contribution in [-0.4, -0.2) is 35.0 Å². The van der Waals surface area contributed by atoms with Crippen LogP contribution >= 0.6 is 0 Å². The average Bonchev–Trinajstić information content (AvgIpc) is 2.84. The Morgan fingerprint density at radius 3 is 2.78 bits per heavy atom. The number of nitrogens with zero attached hydrogens (tertiary/aromatic N) is 3. The molecule has 0 bridgehead atoms. The van der Waals surface area contributed by atoms with Crippen LogP contribution in [0.4, 0.5) is 5.69 Å². The molecule has 1 aliphatic rings. The second kappa shape index (κ2) is 5.74. The Labute approximate surface area is 110 Å². The van der Waals surface area contributed by atoms with E-state index in [9.17, 15) is 0 Å². The summed E-state index contributed by atoms with van der Waals surface area (Å²) in [6.45, 7) is 12.1. The van der Waals surface area contributed by atoms with Crippen LogP contribution in [0, 0.1) is 5.92 Å². The van der Waals surface area contributed by atoms with Crippen LogP contribution in [0.2, 0.25) is 0 Å². The van der Waals surface area contributed by atoms with Crippen molar-refractivity contribution in [3.63, 3.8) is 0 Å².